The Morgan fingerprint density at radius 1 is 1.10 bits per heavy atom. The first-order valence-electron chi connectivity index (χ1n) is 10.1. The Balaban J connectivity index is 2.30. The van der Waals surface area contributed by atoms with Gasteiger partial charge in [-0.3, -0.25) is 9.36 Å². The molecule has 162 valence electrons. The van der Waals surface area contributed by atoms with Crippen molar-refractivity contribution in [3.05, 3.63) is 51.2 Å². The van der Waals surface area contributed by atoms with Crippen LogP contribution in [0.15, 0.2) is 23.0 Å². The van der Waals surface area contributed by atoms with Gasteiger partial charge in [0.05, 0.1) is 0 Å². The fourth-order valence-electron chi connectivity index (χ4n) is 3.98. The van der Waals surface area contributed by atoms with E-state index >= 15 is 0 Å². The zero-order valence-electron chi connectivity index (χ0n) is 17.8. The summed E-state index contributed by atoms with van der Waals surface area (Å²) in [5.41, 5.74) is 2.93. The molecule has 0 saturated heterocycles. The van der Waals surface area contributed by atoms with Crippen LogP contribution in [0.3, 0.4) is 0 Å². The Hall–Kier alpha value is -2.77. The first kappa shape index (κ1) is 21.9. The Kier molecular flexibility index (Phi) is 6.24. The lowest BCUT2D eigenvalue weighted by Gasteiger charge is -2.16. The van der Waals surface area contributed by atoms with Gasteiger partial charge in [-0.1, -0.05) is 13.8 Å². The number of alkyl halides is 2. The maximum absolute atomic E-state index is 14.4. The van der Waals surface area contributed by atoms with E-state index in [0.29, 0.717) is 23.2 Å². The molecule has 0 bridgehead atoms. The zero-order chi connectivity index (χ0) is 22.2. The number of aromatic nitrogens is 3. The SMILES string of the molecule is CCC(CC)c1cc(C)n2nc(-c3cc(F)c(OC(F)F)cc3C)n(CC)c(=O)c12. The molecule has 0 unspecified atom stereocenters. The average molecular weight is 421 g/mol. The number of benzene rings is 1. The summed E-state index contributed by atoms with van der Waals surface area (Å²) in [6.07, 6.45) is 1.80. The Morgan fingerprint density at radius 3 is 2.33 bits per heavy atom. The highest BCUT2D eigenvalue weighted by Crippen LogP contribution is 2.31. The van der Waals surface area contributed by atoms with Gasteiger partial charge in [0.1, 0.15) is 5.52 Å². The highest BCUT2D eigenvalue weighted by molar-refractivity contribution is 5.65. The molecule has 0 radical (unpaired) electrons. The minimum atomic E-state index is -3.13. The van der Waals surface area contributed by atoms with Gasteiger partial charge in [-0.2, -0.15) is 8.78 Å². The second-order valence-electron chi connectivity index (χ2n) is 7.36. The van der Waals surface area contributed by atoms with Crippen LogP contribution in [0.5, 0.6) is 5.75 Å². The molecule has 8 heteroatoms. The first-order valence-corrected chi connectivity index (χ1v) is 10.1. The van der Waals surface area contributed by atoms with Crippen LogP contribution in [-0.4, -0.2) is 20.8 Å². The monoisotopic (exact) mass is 421 g/mol. The van der Waals surface area contributed by atoms with Gasteiger partial charge in [-0.15, -0.1) is 5.10 Å². The summed E-state index contributed by atoms with van der Waals surface area (Å²) in [5.74, 6) is -0.949. The third kappa shape index (κ3) is 3.70. The first-order chi connectivity index (χ1) is 14.2. The minimum Gasteiger partial charge on any atom is -0.432 e. The number of nitrogens with zero attached hydrogens (tertiary/aromatic N) is 3. The van der Waals surface area contributed by atoms with Gasteiger partial charge in [0.25, 0.3) is 5.56 Å². The molecule has 3 rings (SSSR count). The summed E-state index contributed by atoms with van der Waals surface area (Å²) in [7, 11) is 0. The van der Waals surface area contributed by atoms with Crippen molar-refractivity contribution in [2.75, 3.05) is 0 Å². The molecule has 1 aromatic carbocycles. The number of halogens is 3. The molecule has 0 amide bonds. The molecule has 0 N–H and O–H groups in total. The van der Waals surface area contributed by atoms with Crippen LogP contribution in [0.25, 0.3) is 16.9 Å². The van der Waals surface area contributed by atoms with E-state index in [9.17, 15) is 18.0 Å². The molecule has 0 saturated carbocycles. The van der Waals surface area contributed by atoms with Crippen molar-refractivity contribution in [3.63, 3.8) is 0 Å². The van der Waals surface area contributed by atoms with E-state index in [0.717, 1.165) is 30.2 Å². The molecular formula is C22H26F3N3O2. The van der Waals surface area contributed by atoms with Gasteiger partial charge in [-0.25, -0.2) is 8.91 Å². The topological polar surface area (TPSA) is 48.5 Å². The van der Waals surface area contributed by atoms with Crippen LogP contribution in [0.2, 0.25) is 0 Å². The molecule has 0 aliphatic rings. The van der Waals surface area contributed by atoms with E-state index in [1.165, 1.54) is 10.6 Å². The predicted octanol–water partition coefficient (Wildman–Crippen LogP) is 5.44. The van der Waals surface area contributed by atoms with Gasteiger partial charge < -0.3 is 4.74 Å². The standard InChI is InChI=1S/C22H26F3N3O2/c1-6-14(7-2)16-10-13(5)28-19(16)21(29)27(8-3)20(26-28)15-11-17(23)18(9-12(15)4)30-22(24)25/h9-11,14,22H,6-8H2,1-5H3. The van der Waals surface area contributed by atoms with Gasteiger partial charge >= 0.3 is 6.61 Å². The second-order valence-corrected chi connectivity index (χ2v) is 7.36. The highest BCUT2D eigenvalue weighted by Gasteiger charge is 2.23. The van der Waals surface area contributed by atoms with Crippen LogP contribution in [0, 0.1) is 19.7 Å². The molecule has 0 aliphatic heterocycles. The molecule has 2 aromatic heterocycles. The predicted molar refractivity (Wildman–Crippen MR) is 110 cm³/mol. The van der Waals surface area contributed by atoms with Crippen molar-refractivity contribution in [1.29, 1.82) is 0 Å². The summed E-state index contributed by atoms with van der Waals surface area (Å²) in [5, 5.41) is 4.66. The third-order valence-electron chi connectivity index (χ3n) is 5.56. The number of aryl methyl sites for hydroxylation is 2. The highest BCUT2D eigenvalue weighted by atomic mass is 19.3. The third-order valence-corrected chi connectivity index (χ3v) is 5.56. The van der Waals surface area contributed by atoms with E-state index < -0.39 is 18.2 Å². The molecular weight excluding hydrogens is 395 g/mol. The lowest BCUT2D eigenvalue weighted by Crippen LogP contribution is -2.26. The van der Waals surface area contributed by atoms with Crippen molar-refractivity contribution >= 4 is 5.52 Å². The lowest BCUT2D eigenvalue weighted by atomic mass is 9.95. The Morgan fingerprint density at radius 2 is 1.77 bits per heavy atom. The van der Waals surface area contributed by atoms with E-state index in [1.54, 1.807) is 11.4 Å². The van der Waals surface area contributed by atoms with Crippen LogP contribution in [0.4, 0.5) is 13.2 Å². The minimum absolute atomic E-state index is 0.204. The lowest BCUT2D eigenvalue weighted by molar-refractivity contribution is -0.0522. The van der Waals surface area contributed by atoms with Crippen molar-refractivity contribution < 1.29 is 17.9 Å². The van der Waals surface area contributed by atoms with Gasteiger partial charge in [0, 0.05) is 17.8 Å². The normalized spacial score (nSPS) is 11.8. The summed E-state index contributed by atoms with van der Waals surface area (Å²) in [4.78, 5) is 13.4. The fourth-order valence-corrected chi connectivity index (χ4v) is 3.98. The zero-order valence-corrected chi connectivity index (χ0v) is 17.8. The molecule has 0 atom stereocenters. The number of ether oxygens (including phenoxy) is 1. The summed E-state index contributed by atoms with van der Waals surface area (Å²) >= 11 is 0. The summed E-state index contributed by atoms with van der Waals surface area (Å²) < 4.78 is 46.8. The van der Waals surface area contributed by atoms with Gasteiger partial charge in [0.2, 0.25) is 0 Å². The molecule has 2 heterocycles. The average Bonchev–Trinajstić information content (AvgIpc) is 3.01. The van der Waals surface area contributed by atoms with Crippen molar-refractivity contribution in [1.82, 2.24) is 14.2 Å². The van der Waals surface area contributed by atoms with Gasteiger partial charge in [-0.05, 0) is 68.9 Å². The number of fused-ring (bicyclic) bond motifs is 1. The molecule has 3 aromatic rings. The quantitative estimate of drug-likeness (QED) is 0.510. The van der Waals surface area contributed by atoms with Crippen LogP contribution >= 0.6 is 0 Å². The smallest absolute Gasteiger partial charge is 0.387 e. The Bertz CT molecular complexity index is 1130. The molecule has 0 spiro atoms. The van der Waals surface area contributed by atoms with Crippen LogP contribution < -0.4 is 10.3 Å². The van der Waals surface area contributed by atoms with Crippen LogP contribution in [-0.2, 0) is 6.54 Å². The number of rotatable bonds is 7. The van der Waals surface area contributed by atoms with Crippen molar-refractivity contribution in [3.8, 4) is 17.1 Å². The largest absolute Gasteiger partial charge is 0.432 e. The molecule has 5 nitrogen and oxygen atoms in total. The molecule has 0 fully saturated rings. The van der Waals surface area contributed by atoms with E-state index in [4.69, 9.17) is 0 Å². The van der Waals surface area contributed by atoms with Crippen LogP contribution in [0.1, 0.15) is 56.4 Å². The maximum atomic E-state index is 14.4. The molecule has 30 heavy (non-hydrogen) atoms. The second kappa shape index (κ2) is 8.53. The van der Waals surface area contributed by atoms with E-state index in [1.807, 2.05) is 19.9 Å². The number of hydrogen-bond acceptors (Lipinski definition) is 3. The maximum Gasteiger partial charge on any atom is 0.387 e. The number of hydrogen-bond donors (Lipinski definition) is 0. The van der Waals surface area contributed by atoms with E-state index in [2.05, 4.69) is 23.7 Å². The molecule has 0 aliphatic carbocycles. The van der Waals surface area contributed by atoms with Crippen molar-refractivity contribution in [2.24, 2.45) is 0 Å². The summed E-state index contributed by atoms with van der Waals surface area (Å²) in [6.45, 7) is 6.71. The Labute approximate surface area is 173 Å². The summed E-state index contributed by atoms with van der Waals surface area (Å²) in [6, 6.07) is 4.27. The fraction of sp³-hybridized carbons (Fsp3) is 0.455. The van der Waals surface area contributed by atoms with Gasteiger partial charge in [0.15, 0.2) is 17.4 Å². The van der Waals surface area contributed by atoms with Crippen molar-refractivity contribution in [2.45, 2.75) is 66.5 Å². The van der Waals surface area contributed by atoms with E-state index in [-0.39, 0.29) is 17.3 Å².